The summed E-state index contributed by atoms with van der Waals surface area (Å²) in [6, 6.07) is 10.7. The van der Waals surface area contributed by atoms with Crippen LogP contribution in [0.15, 0.2) is 36.4 Å². The summed E-state index contributed by atoms with van der Waals surface area (Å²) in [5.41, 5.74) is 7.46. The van der Waals surface area contributed by atoms with Crippen LogP contribution in [0.25, 0.3) is 0 Å². The number of rotatable bonds is 5. The topological polar surface area (TPSA) is 64.3 Å². The molecule has 0 fully saturated rings. The van der Waals surface area contributed by atoms with Gasteiger partial charge in [-0.15, -0.1) is 0 Å². The molecule has 1 amide bonds. The zero-order valence-corrected chi connectivity index (χ0v) is 13.5. The molecule has 0 saturated heterocycles. The summed E-state index contributed by atoms with van der Waals surface area (Å²) in [4.78, 5) is 11.9. The van der Waals surface area contributed by atoms with Crippen LogP contribution in [0.3, 0.4) is 0 Å². The van der Waals surface area contributed by atoms with Crippen molar-refractivity contribution in [3.8, 4) is 5.75 Å². The lowest BCUT2D eigenvalue weighted by Gasteiger charge is -2.11. The lowest BCUT2D eigenvalue weighted by Crippen LogP contribution is -2.20. The Morgan fingerprint density at radius 3 is 2.50 bits per heavy atom. The fraction of sp³-hybridized carbons (Fsp3) is 0.188. The molecule has 4 nitrogen and oxygen atoms in total. The average molecular weight is 339 g/mol. The molecule has 0 bridgehead atoms. The molecular weight excluding hydrogens is 323 g/mol. The van der Waals surface area contributed by atoms with Crippen LogP contribution in [-0.2, 0) is 11.2 Å². The Bertz CT molecular complexity index is 667. The van der Waals surface area contributed by atoms with Gasteiger partial charge in [0.1, 0.15) is 5.75 Å². The first kappa shape index (κ1) is 16.5. The molecule has 0 aliphatic rings. The van der Waals surface area contributed by atoms with Crippen molar-refractivity contribution in [1.29, 1.82) is 0 Å². The van der Waals surface area contributed by atoms with Crippen LogP contribution in [0.4, 0.5) is 11.4 Å². The second-order valence-electron chi connectivity index (χ2n) is 4.65. The summed E-state index contributed by atoms with van der Waals surface area (Å²) in [7, 11) is 0. The van der Waals surface area contributed by atoms with E-state index in [1.54, 1.807) is 12.1 Å². The van der Waals surface area contributed by atoms with Gasteiger partial charge in [-0.25, -0.2) is 0 Å². The van der Waals surface area contributed by atoms with E-state index in [2.05, 4.69) is 5.32 Å². The van der Waals surface area contributed by atoms with Crippen molar-refractivity contribution in [2.24, 2.45) is 0 Å². The number of nitrogens with two attached hydrogens (primary N) is 1. The number of para-hydroxylation sites is 1. The number of nitrogens with one attached hydrogen (secondary N) is 1. The van der Waals surface area contributed by atoms with Crippen LogP contribution >= 0.6 is 23.2 Å². The van der Waals surface area contributed by atoms with Crippen molar-refractivity contribution in [1.82, 2.24) is 0 Å². The first-order valence-corrected chi connectivity index (χ1v) is 7.52. The Kier molecular flexibility index (Phi) is 5.52. The van der Waals surface area contributed by atoms with Gasteiger partial charge in [0.05, 0.1) is 15.7 Å². The predicted molar refractivity (Wildman–Crippen MR) is 90.8 cm³/mol. The predicted octanol–water partition coefficient (Wildman–Crippen LogP) is 4.16. The van der Waals surface area contributed by atoms with Gasteiger partial charge in [-0.2, -0.15) is 0 Å². The highest BCUT2D eigenvalue weighted by atomic mass is 35.5. The van der Waals surface area contributed by atoms with E-state index in [1.807, 2.05) is 31.2 Å². The highest BCUT2D eigenvalue weighted by Gasteiger charge is 2.09. The Hall–Kier alpha value is -1.91. The lowest BCUT2D eigenvalue weighted by atomic mass is 10.1. The van der Waals surface area contributed by atoms with Gasteiger partial charge in [0.2, 0.25) is 0 Å². The second kappa shape index (κ2) is 7.38. The summed E-state index contributed by atoms with van der Waals surface area (Å²) >= 11 is 11.8. The minimum Gasteiger partial charge on any atom is -0.483 e. The number of ether oxygens (including phenoxy) is 1. The molecule has 6 heteroatoms. The average Bonchev–Trinajstić information content (AvgIpc) is 2.50. The molecule has 0 aromatic heterocycles. The molecule has 0 aliphatic carbocycles. The quantitative estimate of drug-likeness (QED) is 0.804. The maximum atomic E-state index is 11.9. The highest BCUT2D eigenvalue weighted by Crippen LogP contribution is 2.31. The molecule has 0 saturated carbocycles. The minimum absolute atomic E-state index is 0.101. The van der Waals surface area contributed by atoms with E-state index in [0.717, 1.165) is 12.0 Å². The Balaban J connectivity index is 1.99. The van der Waals surface area contributed by atoms with E-state index in [0.29, 0.717) is 21.5 Å². The molecular formula is C16H16Cl2N2O2. The van der Waals surface area contributed by atoms with Crippen LogP contribution in [0.5, 0.6) is 5.75 Å². The fourth-order valence-electron chi connectivity index (χ4n) is 1.93. The first-order valence-electron chi connectivity index (χ1n) is 6.76. The van der Waals surface area contributed by atoms with Crippen LogP contribution in [0, 0.1) is 0 Å². The third kappa shape index (κ3) is 4.06. The number of carbonyl (C=O) groups is 1. The van der Waals surface area contributed by atoms with Gasteiger partial charge < -0.3 is 15.8 Å². The van der Waals surface area contributed by atoms with Crippen LogP contribution < -0.4 is 15.8 Å². The number of amides is 1. The largest absolute Gasteiger partial charge is 0.483 e. The molecule has 3 N–H and O–H groups in total. The summed E-state index contributed by atoms with van der Waals surface area (Å²) in [5, 5.41) is 3.25. The standard InChI is InChI=1S/C16H16Cl2N2O2/c1-2-10-5-3-4-6-14(10)22-9-15(21)20-11-7-12(17)16(19)13(18)8-11/h3-8H,2,9,19H2,1H3,(H,20,21). The minimum atomic E-state index is -0.303. The summed E-state index contributed by atoms with van der Waals surface area (Å²) in [6.45, 7) is 1.93. The number of benzene rings is 2. The maximum absolute atomic E-state index is 11.9. The third-order valence-corrected chi connectivity index (χ3v) is 3.70. The van der Waals surface area contributed by atoms with Crippen molar-refractivity contribution in [2.45, 2.75) is 13.3 Å². The van der Waals surface area contributed by atoms with E-state index in [1.165, 1.54) is 0 Å². The van der Waals surface area contributed by atoms with Crippen molar-refractivity contribution < 1.29 is 9.53 Å². The molecule has 0 atom stereocenters. The van der Waals surface area contributed by atoms with Crippen molar-refractivity contribution in [3.63, 3.8) is 0 Å². The first-order chi connectivity index (χ1) is 10.5. The van der Waals surface area contributed by atoms with E-state index >= 15 is 0 Å². The van der Waals surface area contributed by atoms with Crippen LogP contribution in [-0.4, -0.2) is 12.5 Å². The molecule has 0 aliphatic heterocycles. The Labute approximate surface area is 139 Å². The number of halogens is 2. The van der Waals surface area contributed by atoms with Gasteiger partial charge in [-0.05, 0) is 30.2 Å². The molecule has 2 aromatic carbocycles. The zero-order valence-electron chi connectivity index (χ0n) is 12.0. The van der Waals surface area contributed by atoms with E-state index in [9.17, 15) is 4.79 Å². The summed E-state index contributed by atoms with van der Waals surface area (Å²) < 4.78 is 5.54. The van der Waals surface area contributed by atoms with Crippen molar-refractivity contribution >= 4 is 40.5 Å². The fourth-order valence-corrected chi connectivity index (χ4v) is 2.42. The molecule has 0 radical (unpaired) electrons. The van der Waals surface area contributed by atoms with Crippen molar-refractivity contribution in [3.05, 3.63) is 52.0 Å². The van der Waals surface area contributed by atoms with E-state index < -0.39 is 0 Å². The SMILES string of the molecule is CCc1ccccc1OCC(=O)Nc1cc(Cl)c(N)c(Cl)c1. The molecule has 0 heterocycles. The molecule has 116 valence electrons. The van der Waals surface area contributed by atoms with Gasteiger partial charge in [-0.1, -0.05) is 48.3 Å². The molecule has 0 spiro atoms. The summed E-state index contributed by atoms with van der Waals surface area (Å²) in [6.07, 6.45) is 0.834. The number of hydrogen-bond acceptors (Lipinski definition) is 3. The third-order valence-electron chi connectivity index (χ3n) is 3.08. The molecule has 22 heavy (non-hydrogen) atoms. The smallest absolute Gasteiger partial charge is 0.262 e. The molecule has 0 unspecified atom stereocenters. The van der Waals surface area contributed by atoms with Crippen LogP contribution in [0.2, 0.25) is 10.0 Å². The van der Waals surface area contributed by atoms with Crippen molar-refractivity contribution in [2.75, 3.05) is 17.7 Å². The zero-order chi connectivity index (χ0) is 16.1. The molecule has 2 rings (SSSR count). The molecule has 2 aromatic rings. The Morgan fingerprint density at radius 2 is 1.86 bits per heavy atom. The van der Waals surface area contributed by atoms with E-state index in [4.69, 9.17) is 33.7 Å². The number of hydrogen-bond donors (Lipinski definition) is 2. The van der Waals surface area contributed by atoms with Gasteiger partial charge in [0, 0.05) is 5.69 Å². The van der Waals surface area contributed by atoms with Gasteiger partial charge >= 0.3 is 0 Å². The summed E-state index contributed by atoms with van der Waals surface area (Å²) in [5.74, 6) is 0.399. The van der Waals surface area contributed by atoms with Gasteiger partial charge in [0.25, 0.3) is 5.91 Å². The number of carbonyl (C=O) groups excluding carboxylic acids is 1. The van der Waals surface area contributed by atoms with Gasteiger partial charge in [0.15, 0.2) is 6.61 Å². The number of aryl methyl sites for hydroxylation is 1. The number of anilines is 2. The monoisotopic (exact) mass is 338 g/mol. The normalized spacial score (nSPS) is 10.3. The lowest BCUT2D eigenvalue weighted by molar-refractivity contribution is -0.118. The van der Waals surface area contributed by atoms with E-state index in [-0.39, 0.29) is 18.2 Å². The van der Waals surface area contributed by atoms with Crippen LogP contribution in [0.1, 0.15) is 12.5 Å². The highest BCUT2D eigenvalue weighted by molar-refractivity contribution is 6.39. The Morgan fingerprint density at radius 1 is 1.23 bits per heavy atom. The second-order valence-corrected chi connectivity index (χ2v) is 5.47. The number of nitrogen functional groups attached to an aromatic ring is 1. The maximum Gasteiger partial charge on any atom is 0.262 e. The van der Waals surface area contributed by atoms with Gasteiger partial charge in [-0.3, -0.25) is 4.79 Å².